The van der Waals surface area contributed by atoms with E-state index in [-0.39, 0.29) is 6.10 Å². The third-order valence-corrected chi connectivity index (χ3v) is 7.63. The molecule has 4 heterocycles. The molecule has 0 spiro atoms. The number of anilines is 5. The van der Waals surface area contributed by atoms with E-state index in [1.165, 1.54) is 5.69 Å². The fourth-order valence-corrected chi connectivity index (χ4v) is 5.58. The molecule has 42 heavy (non-hydrogen) atoms. The lowest BCUT2D eigenvalue weighted by atomic mass is 10.1. The molecule has 0 bridgehead atoms. The molecule has 1 atom stereocenters. The van der Waals surface area contributed by atoms with Gasteiger partial charge in [0.25, 0.3) is 0 Å². The average Bonchev–Trinajstić information content (AvgIpc) is 3.41. The highest BCUT2D eigenvalue weighted by molar-refractivity contribution is 5.95. The van der Waals surface area contributed by atoms with Crippen LogP contribution in [0.1, 0.15) is 18.3 Å². The quantitative estimate of drug-likeness (QED) is 0.196. The highest BCUT2D eigenvalue weighted by atomic mass is 16.5. The molecule has 1 aliphatic heterocycles. The van der Waals surface area contributed by atoms with Gasteiger partial charge >= 0.3 is 0 Å². The predicted octanol–water partition coefficient (Wildman–Crippen LogP) is 7.50. The highest BCUT2D eigenvalue weighted by Gasteiger charge is 2.18. The van der Waals surface area contributed by atoms with Crippen LogP contribution in [0.15, 0.2) is 85.1 Å². The minimum absolute atomic E-state index is 0.226. The van der Waals surface area contributed by atoms with E-state index < -0.39 is 0 Å². The lowest BCUT2D eigenvalue weighted by Crippen LogP contribution is -2.41. The molecule has 1 saturated heterocycles. The molecule has 0 radical (unpaired) electrons. The van der Waals surface area contributed by atoms with Gasteiger partial charge in [0.2, 0.25) is 0 Å². The van der Waals surface area contributed by atoms with Crippen LogP contribution < -0.4 is 15.5 Å². The highest BCUT2D eigenvalue weighted by Crippen LogP contribution is 2.32. The maximum Gasteiger partial charge on any atom is 0.138 e. The van der Waals surface area contributed by atoms with Crippen LogP contribution in [0.25, 0.3) is 33.3 Å². The summed E-state index contributed by atoms with van der Waals surface area (Å²) in [5.41, 5.74) is 11.1. The smallest absolute Gasteiger partial charge is 0.138 e. The molecule has 0 aliphatic carbocycles. The average molecular weight is 556 g/mol. The first kappa shape index (κ1) is 26.0. The Balaban J connectivity index is 1.12. The van der Waals surface area contributed by atoms with Gasteiger partial charge in [0.15, 0.2) is 0 Å². The summed E-state index contributed by atoms with van der Waals surface area (Å²) in [7, 11) is 0. The van der Waals surface area contributed by atoms with E-state index in [1.54, 1.807) is 0 Å². The molecule has 6 aromatic rings. The number of aromatic nitrogens is 4. The number of pyridine rings is 2. The Morgan fingerprint density at radius 3 is 2.48 bits per heavy atom. The van der Waals surface area contributed by atoms with Crippen molar-refractivity contribution in [3.05, 3.63) is 96.4 Å². The van der Waals surface area contributed by atoms with Crippen molar-refractivity contribution < 1.29 is 4.74 Å². The van der Waals surface area contributed by atoms with Crippen LogP contribution in [0.3, 0.4) is 0 Å². The maximum absolute atomic E-state index is 5.75. The summed E-state index contributed by atoms with van der Waals surface area (Å²) in [5, 5.41) is 8.18. The van der Waals surface area contributed by atoms with Crippen LogP contribution in [-0.2, 0) is 4.74 Å². The van der Waals surface area contributed by atoms with E-state index in [2.05, 4.69) is 99.2 Å². The molecule has 0 amide bonds. The van der Waals surface area contributed by atoms with Crippen molar-refractivity contribution >= 4 is 50.4 Å². The fourth-order valence-electron chi connectivity index (χ4n) is 5.58. The molecule has 1 aliphatic rings. The number of nitrogens with zero attached hydrogens (tertiary/aromatic N) is 4. The van der Waals surface area contributed by atoms with Gasteiger partial charge in [-0.15, -0.1) is 0 Å². The first-order chi connectivity index (χ1) is 20.5. The van der Waals surface area contributed by atoms with Crippen LogP contribution in [0.5, 0.6) is 0 Å². The molecule has 1 fully saturated rings. The van der Waals surface area contributed by atoms with Crippen molar-refractivity contribution in [1.82, 2.24) is 19.9 Å². The Labute approximate surface area is 244 Å². The summed E-state index contributed by atoms with van der Waals surface area (Å²) < 4.78 is 5.75. The number of aromatic amines is 1. The lowest BCUT2D eigenvalue weighted by molar-refractivity contribution is 0.0532. The zero-order valence-electron chi connectivity index (χ0n) is 24.0. The predicted molar refractivity (Wildman–Crippen MR) is 171 cm³/mol. The number of hydrogen-bond acceptors (Lipinski definition) is 7. The number of morpholine rings is 1. The molecular formula is C34H33N7O. The van der Waals surface area contributed by atoms with Crippen LogP contribution in [0.4, 0.5) is 28.4 Å². The summed E-state index contributed by atoms with van der Waals surface area (Å²) in [4.78, 5) is 19.8. The second-order valence-electron chi connectivity index (χ2n) is 11.0. The summed E-state index contributed by atoms with van der Waals surface area (Å²) in [6.07, 6.45) is 2.03. The van der Waals surface area contributed by atoms with E-state index >= 15 is 0 Å². The van der Waals surface area contributed by atoms with E-state index in [1.807, 2.05) is 32.2 Å². The molecule has 0 unspecified atom stereocenters. The number of ether oxygens (including phenoxy) is 1. The van der Waals surface area contributed by atoms with Gasteiger partial charge in [-0.3, -0.25) is 9.97 Å². The second-order valence-corrected chi connectivity index (χ2v) is 11.0. The molecule has 3 aromatic carbocycles. The number of benzene rings is 3. The lowest BCUT2D eigenvalue weighted by Gasteiger charge is -2.33. The molecule has 210 valence electrons. The van der Waals surface area contributed by atoms with Crippen molar-refractivity contribution in [2.75, 3.05) is 35.2 Å². The van der Waals surface area contributed by atoms with E-state index in [0.29, 0.717) is 0 Å². The Kier molecular flexibility index (Phi) is 6.68. The minimum Gasteiger partial charge on any atom is -0.375 e. The van der Waals surface area contributed by atoms with Crippen molar-refractivity contribution in [2.45, 2.75) is 26.9 Å². The van der Waals surface area contributed by atoms with Gasteiger partial charge in [0.1, 0.15) is 5.82 Å². The largest absolute Gasteiger partial charge is 0.375 e. The molecule has 7 rings (SSSR count). The number of hydrogen-bond donors (Lipinski definition) is 3. The van der Waals surface area contributed by atoms with Crippen LogP contribution in [-0.4, -0.2) is 45.7 Å². The van der Waals surface area contributed by atoms with Gasteiger partial charge in [-0.2, -0.15) is 0 Å². The minimum atomic E-state index is 0.226. The number of imidazole rings is 1. The molecule has 8 nitrogen and oxygen atoms in total. The third-order valence-electron chi connectivity index (χ3n) is 7.63. The van der Waals surface area contributed by atoms with Gasteiger partial charge < -0.3 is 25.3 Å². The van der Waals surface area contributed by atoms with Gasteiger partial charge in [-0.1, -0.05) is 0 Å². The normalized spacial score (nSPS) is 15.3. The van der Waals surface area contributed by atoms with Gasteiger partial charge in [0.05, 0.1) is 29.3 Å². The summed E-state index contributed by atoms with van der Waals surface area (Å²) in [5.74, 6) is 0.836. The Morgan fingerprint density at radius 2 is 1.64 bits per heavy atom. The van der Waals surface area contributed by atoms with Crippen molar-refractivity contribution in [3.8, 4) is 11.4 Å². The summed E-state index contributed by atoms with van der Waals surface area (Å²) in [6, 6.07) is 27.2. The monoisotopic (exact) mass is 555 g/mol. The zero-order chi connectivity index (χ0) is 28.6. The van der Waals surface area contributed by atoms with Crippen LogP contribution in [0, 0.1) is 13.8 Å². The first-order valence-corrected chi connectivity index (χ1v) is 14.3. The Bertz CT molecular complexity index is 1900. The number of aryl methyl sites for hydroxylation is 2. The van der Waals surface area contributed by atoms with E-state index in [0.717, 1.165) is 87.2 Å². The zero-order valence-corrected chi connectivity index (χ0v) is 24.0. The molecule has 0 saturated carbocycles. The molecule has 8 heteroatoms. The molecular weight excluding hydrogens is 522 g/mol. The summed E-state index contributed by atoms with van der Waals surface area (Å²) in [6.45, 7) is 8.67. The van der Waals surface area contributed by atoms with Gasteiger partial charge in [-0.05, 0) is 99.6 Å². The van der Waals surface area contributed by atoms with Crippen LogP contribution in [0.2, 0.25) is 0 Å². The third kappa shape index (κ3) is 5.36. The van der Waals surface area contributed by atoms with Crippen molar-refractivity contribution in [1.29, 1.82) is 0 Å². The SMILES string of the molecule is Cc1cc(Nc2ccc3[nH]c(-c4ccc(Nc5cc(C)nc6ccc(N7CCO[C@@H](C)C7)cc56)cc4)nc3c2)ccn1. The Hall–Kier alpha value is -4.95. The topological polar surface area (TPSA) is 91.0 Å². The molecule has 3 N–H and O–H groups in total. The van der Waals surface area contributed by atoms with Gasteiger partial charge in [0, 0.05) is 70.1 Å². The number of rotatable bonds is 6. The van der Waals surface area contributed by atoms with Crippen molar-refractivity contribution in [2.24, 2.45) is 0 Å². The number of fused-ring (bicyclic) bond motifs is 2. The number of H-pyrrole nitrogens is 1. The maximum atomic E-state index is 5.75. The summed E-state index contributed by atoms with van der Waals surface area (Å²) >= 11 is 0. The number of nitrogens with one attached hydrogen (secondary N) is 3. The standard InChI is InChI=1S/C34H33N7O/c1-21-16-27(12-13-35-21)37-26-8-10-31-33(18-26)40-34(39-31)24-4-6-25(7-5-24)38-32-17-22(2)36-30-11-9-28(19-29(30)32)41-14-15-42-23(3)20-41/h4-13,16-19,23H,14-15,20H2,1-3H3,(H,35,37)(H,36,38)(H,39,40)/t23-/m0/s1. The molecule has 3 aromatic heterocycles. The van der Waals surface area contributed by atoms with E-state index in [9.17, 15) is 0 Å². The second kappa shape index (κ2) is 10.8. The van der Waals surface area contributed by atoms with E-state index in [4.69, 9.17) is 14.7 Å². The van der Waals surface area contributed by atoms with Gasteiger partial charge in [-0.25, -0.2) is 4.98 Å². The Morgan fingerprint density at radius 1 is 0.810 bits per heavy atom. The van der Waals surface area contributed by atoms with Crippen LogP contribution >= 0.6 is 0 Å². The van der Waals surface area contributed by atoms with Crippen molar-refractivity contribution in [3.63, 3.8) is 0 Å². The fraction of sp³-hybridized carbons (Fsp3) is 0.206. The first-order valence-electron chi connectivity index (χ1n) is 14.3.